The van der Waals surface area contributed by atoms with Crippen LogP contribution in [0.25, 0.3) is 0 Å². The number of halogens is 2. The van der Waals surface area contributed by atoms with E-state index in [0.29, 0.717) is 18.9 Å². The number of carbonyl (C=O) groups is 1. The molecule has 0 spiro atoms. The number of carboxylic acids is 1. The summed E-state index contributed by atoms with van der Waals surface area (Å²) in [6.45, 7) is 0. The normalized spacial score (nSPS) is 23.0. The monoisotopic (exact) mass is 242 g/mol. The lowest BCUT2D eigenvalue weighted by molar-refractivity contribution is 0.0692. The van der Waals surface area contributed by atoms with Crippen molar-refractivity contribution in [3.05, 3.63) is 29.3 Å². The molecular formula is C11H12F2N2O2. The van der Waals surface area contributed by atoms with E-state index in [1.807, 2.05) is 0 Å². The Morgan fingerprint density at radius 3 is 2.53 bits per heavy atom. The second-order valence-electron chi connectivity index (χ2n) is 4.19. The predicted molar refractivity (Wildman–Crippen MR) is 57.9 cm³/mol. The van der Waals surface area contributed by atoms with Crippen LogP contribution in [0.5, 0.6) is 0 Å². The van der Waals surface area contributed by atoms with Gasteiger partial charge in [0.05, 0.1) is 11.3 Å². The highest BCUT2D eigenvalue weighted by Crippen LogP contribution is 2.26. The maximum Gasteiger partial charge on any atom is 0.338 e. The molecule has 6 heteroatoms. The van der Waals surface area contributed by atoms with Crippen LogP contribution in [0.15, 0.2) is 12.1 Å². The molecule has 0 radical (unpaired) electrons. The van der Waals surface area contributed by atoms with Gasteiger partial charge < -0.3 is 16.2 Å². The summed E-state index contributed by atoms with van der Waals surface area (Å²) in [5.41, 5.74) is 5.03. The largest absolute Gasteiger partial charge is 0.478 e. The third-order valence-corrected chi connectivity index (χ3v) is 2.82. The second kappa shape index (κ2) is 4.29. The van der Waals surface area contributed by atoms with Gasteiger partial charge in [-0.3, -0.25) is 0 Å². The summed E-state index contributed by atoms with van der Waals surface area (Å²) in [4.78, 5) is 10.7. The molecule has 0 heterocycles. The van der Waals surface area contributed by atoms with Gasteiger partial charge in [0.1, 0.15) is 11.6 Å². The van der Waals surface area contributed by atoms with Crippen molar-refractivity contribution in [3.63, 3.8) is 0 Å². The highest BCUT2D eigenvalue weighted by atomic mass is 19.1. The Kier molecular flexibility index (Phi) is 2.97. The van der Waals surface area contributed by atoms with E-state index in [1.165, 1.54) is 0 Å². The zero-order chi connectivity index (χ0) is 12.6. The SMILES string of the molecule is NC1CC(Nc2cc(C(=O)O)c(F)cc2F)C1. The number of aromatic carboxylic acids is 1. The van der Waals surface area contributed by atoms with Crippen LogP contribution in [-0.4, -0.2) is 23.2 Å². The van der Waals surface area contributed by atoms with Crippen molar-refractivity contribution in [1.82, 2.24) is 0 Å². The lowest BCUT2D eigenvalue weighted by Gasteiger charge is -2.33. The number of nitrogens with one attached hydrogen (secondary N) is 1. The smallest absolute Gasteiger partial charge is 0.338 e. The molecule has 0 unspecified atom stereocenters. The van der Waals surface area contributed by atoms with Crippen LogP contribution in [0.2, 0.25) is 0 Å². The number of anilines is 1. The molecule has 1 aromatic rings. The average Bonchev–Trinajstić information content (AvgIpc) is 2.18. The molecule has 0 amide bonds. The summed E-state index contributed by atoms with van der Waals surface area (Å²) in [6, 6.07) is 1.66. The first-order valence-corrected chi connectivity index (χ1v) is 5.22. The van der Waals surface area contributed by atoms with Gasteiger partial charge in [0, 0.05) is 18.2 Å². The Labute approximate surface area is 96.4 Å². The van der Waals surface area contributed by atoms with Gasteiger partial charge in [0.25, 0.3) is 0 Å². The third kappa shape index (κ3) is 2.36. The van der Waals surface area contributed by atoms with Crippen LogP contribution in [0.4, 0.5) is 14.5 Å². The average molecular weight is 242 g/mol. The van der Waals surface area contributed by atoms with Crippen LogP contribution in [0.1, 0.15) is 23.2 Å². The van der Waals surface area contributed by atoms with Gasteiger partial charge in [0.2, 0.25) is 0 Å². The molecule has 0 aliphatic heterocycles. The Hall–Kier alpha value is -1.69. The highest BCUT2D eigenvalue weighted by molar-refractivity contribution is 5.89. The van der Waals surface area contributed by atoms with Gasteiger partial charge >= 0.3 is 5.97 Å². The van der Waals surface area contributed by atoms with Crippen LogP contribution in [0.3, 0.4) is 0 Å². The van der Waals surface area contributed by atoms with Crippen molar-refractivity contribution >= 4 is 11.7 Å². The third-order valence-electron chi connectivity index (χ3n) is 2.82. The van der Waals surface area contributed by atoms with E-state index in [9.17, 15) is 13.6 Å². The number of benzene rings is 1. The van der Waals surface area contributed by atoms with Crippen LogP contribution in [0, 0.1) is 11.6 Å². The first kappa shape index (κ1) is 11.8. The van der Waals surface area contributed by atoms with E-state index in [0.717, 1.165) is 6.07 Å². The minimum absolute atomic E-state index is 0.000648. The van der Waals surface area contributed by atoms with E-state index < -0.39 is 23.2 Å². The first-order valence-electron chi connectivity index (χ1n) is 5.22. The molecule has 1 fully saturated rings. The minimum Gasteiger partial charge on any atom is -0.478 e. The lowest BCUT2D eigenvalue weighted by atomic mass is 9.87. The molecule has 4 nitrogen and oxygen atoms in total. The molecule has 4 N–H and O–H groups in total. The lowest BCUT2D eigenvalue weighted by Crippen LogP contribution is -2.44. The van der Waals surface area contributed by atoms with Gasteiger partial charge in [0.15, 0.2) is 0 Å². The van der Waals surface area contributed by atoms with Crippen LogP contribution in [-0.2, 0) is 0 Å². The Balaban J connectivity index is 2.21. The Morgan fingerprint density at radius 1 is 1.35 bits per heavy atom. The molecule has 0 bridgehead atoms. The molecule has 2 rings (SSSR count). The van der Waals surface area contributed by atoms with Crippen molar-refractivity contribution in [3.8, 4) is 0 Å². The van der Waals surface area contributed by atoms with Crippen molar-refractivity contribution in [2.75, 3.05) is 5.32 Å². The van der Waals surface area contributed by atoms with Crippen molar-refractivity contribution in [2.45, 2.75) is 24.9 Å². The van der Waals surface area contributed by atoms with Crippen molar-refractivity contribution < 1.29 is 18.7 Å². The van der Waals surface area contributed by atoms with Gasteiger partial charge in [-0.05, 0) is 18.9 Å². The molecule has 0 saturated heterocycles. The quantitative estimate of drug-likeness (QED) is 0.752. The molecule has 1 aromatic carbocycles. The van der Waals surface area contributed by atoms with Gasteiger partial charge in [-0.15, -0.1) is 0 Å². The van der Waals surface area contributed by atoms with E-state index >= 15 is 0 Å². The fourth-order valence-corrected chi connectivity index (χ4v) is 1.82. The summed E-state index contributed by atoms with van der Waals surface area (Å²) < 4.78 is 26.5. The van der Waals surface area contributed by atoms with Crippen LogP contribution < -0.4 is 11.1 Å². The summed E-state index contributed by atoms with van der Waals surface area (Å²) in [5, 5.41) is 11.5. The first-order chi connectivity index (χ1) is 7.97. The minimum atomic E-state index is -1.42. The van der Waals surface area contributed by atoms with E-state index in [2.05, 4.69) is 5.32 Å². The summed E-state index contributed by atoms with van der Waals surface area (Å²) in [5.74, 6) is -3.30. The molecule has 1 aliphatic carbocycles. The maximum atomic E-state index is 13.4. The zero-order valence-corrected chi connectivity index (χ0v) is 8.91. The highest BCUT2D eigenvalue weighted by Gasteiger charge is 2.27. The van der Waals surface area contributed by atoms with Crippen molar-refractivity contribution in [1.29, 1.82) is 0 Å². The summed E-state index contributed by atoms with van der Waals surface area (Å²) in [6.07, 6.45) is 1.39. The van der Waals surface area contributed by atoms with Crippen LogP contribution >= 0.6 is 0 Å². The van der Waals surface area contributed by atoms with Gasteiger partial charge in [-0.2, -0.15) is 0 Å². The molecule has 0 aromatic heterocycles. The standard InChI is InChI=1S/C11H12F2N2O2/c12-8-4-9(13)10(3-7(8)11(16)17)15-6-1-5(14)2-6/h3-6,15H,1-2,14H2,(H,16,17). The van der Waals surface area contributed by atoms with E-state index in [-0.39, 0.29) is 17.8 Å². The summed E-state index contributed by atoms with van der Waals surface area (Å²) in [7, 11) is 0. The molecule has 1 saturated carbocycles. The predicted octanol–water partition coefficient (Wildman–Crippen LogP) is 1.56. The van der Waals surface area contributed by atoms with Gasteiger partial charge in [-0.1, -0.05) is 0 Å². The molecule has 1 aliphatic rings. The molecular weight excluding hydrogens is 230 g/mol. The number of carboxylic acid groups (broad SMARTS) is 1. The number of hydrogen-bond donors (Lipinski definition) is 3. The fraction of sp³-hybridized carbons (Fsp3) is 0.364. The number of rotatable bonds is 3. The molecule has 0 atom stereocenters. The topological polar surface area (TPSA) is 75.3 Å². The summed E-state index contributed by atoms with van der Waals surface area (Å²) >= 11 is 0. The second-order valence-corrected chi connectivity index (χ2v) is 4.19. The number of hydrogen-bond acceptors (Lipinski definition) is 3. The Bertz CT molecular complexity index is 459. The van der Waals surface area contributed by atoms with E-state index in [4.69, 9.17) is 10.8 Å². The molecule has 92 valence electrons. The number of nitrogens with two attached hydrogens (primary N) is 1. The molecule has 17 heavy (non-hydrogen) atoms. The Morgan fingerprint density at radius 2 is 2.00 bits per heavy atom. The maximum absolute atomic E-state index is 13.4. The zero-order valence-electron chi connectivity index (χ0n) is 8.91. The van der Waals surface area contributed by atoms with Gasteiger partial charge in [-0.25, -0.2) is 13.6 Å². The van der Waals surface area contributed by atoms with Crippen molar-refractivity contribution in [2.24, 2.45) is 5.73 Å². The fourth-order valence-electron chi connectivity index (χ4n) is 1.82. The van der Waals surface area contributed by atoms with E-state index in [1.54, 1.807) is 0 Å².